The molecule has 1 fully saturated rings. The number of benzene rings is 1. The van der Waals surface area contributed by atoms with Gasteiger partial charge in [0.1, 0.15) is 11.6 Å². The molecule has 0 aromatic heterocycles. The Morgan fingerprint density at radius 2 is 2.12 bits per heavy atom. The maximum absolute atomic E-state index is 13.7. The van der Waals surface area contributed by atoms with E-state index >= 15 is 0 Å². The summed E-state index contributed by atoms with van der Waals surface area (Å²) < 4.78 is 19.3. The second kappa shape index (κ2) is 5.02. The SMILES string of the molecule is COC1(Cc2ccc(O)cc2F)CCNCC1. The fourth-order valence-corrected chi connectivity index (χ4v) is 2.36. The minimum Gasteiger partial charge on any atom is -0.508 e. The van der Waals surface area contributed by atoms with Gasteiger partial charge in [0.25, 0.3) is 0 Å². The highest BCUT2D eigenvalue weighted by Gasteiger charge is 2.32. The minimum atomic E-state index is -0.361. The number of hydrogen-bond donors (Lipinski definition) is 2. The highest BCUT2D eigenvalue weighted by molar-refractivity contribution is 5.29. The maximum Gasteiger partial charge on any atom is 0.130 e. The first-order valence-corrected chi connectivity index (χ1v) is 5.88. The molecular weight excluding hydrogens is 221 g/mol. The van der Waals surface area contributed by atoms with Crippen molar-refractivity contribution in [2.45, 2.75) is 24.9 Å². The monoisotopic (exact) mass is 239 g/mol. The van der Waals surface area contributed by atoms with E-state index in [9.17, 15) is 9.50 Å². The second-order valence-electron chi connectivity index (χ2n) is 4.59. The highest BCUT2D eigenvalue weighted by Crippen LogP contribution is 2.29. The average Bonchev–Trinajstić information content (AvgIpc) is 2.34. The van der Waals surface area contributed by atoms with Crippen LogP contribution in [0.4, 0.5) is 4.39 Å². The second-order valence-corrected chi connectivity index (χ2v) is 4.59. The van der Waals surface area contributed by atoms with Crippen molar-refractivity contribution in [3.63, 3.8) is 0 Å². The number of rotatable bonds is 3. The normalized spacial score (nSPS) is 19.2. The van der Waals surface area contributed by atoms with E-state index in [-0.39, 0.29) is 17.2 Å². The molecule has 0 bridgehead atoms. The van der Waals surface area contributed by atoms with Gasteiger partial charge in [-0.1, -0.05) is 6.07 Å². The first-order chi connectivity index (χ1) is 8.15. The van der Waals surface area contributed by atoms with Crippen LogP contribution in [0.1, 0.15) is 18.4 Å². The van der Waals surface area contributed by atoms with Crippen LogP contribution < -0.4 is 5.32 Å². The number of ether oxygens (including phenoxy) is 1. The fourth-order valence-electron chi connectivity index (χ4n) is 2.36. The Morgan fingerprint density at radius 1 is 1.41 bits per heavy atom. The lowest BCUT2D eigenvalue weighted by molar-refractivity contribution is -0.0339. The van der Waals surface area contributed by atoms with Crippen molar-refractivity contribution in [3.8, 4) is 5.75 Å². The van der Waals surface area contributed by atoms with E-state index in [1.165, 1.54) is 6.07 Å². The largest absolute Gasteiger partial charge is 0.508 e. The van der Waals surface area contributed by atoms with E-state index < -0.39 is 0 Å². The lowest BCUT2D eigenvalue weighted by Gasteiger charge is -2.36. The molecule has 1 heterocycles. The van der Waals surface area contributed by atoms with Gasteiger partial charge in [0.2, 0.25) is 0 Å². The molecule has 3 nitrogen and oxygen atoms in total. The Balaban J connectivity index is 2.17. The molecule has 1 aliphatic rings. The lowest BCUT2D eigenvalue weighted by Crippen LogP contribution is -2.45. The van der Waals surface area contributed by atoms with E-state index in [2.05, 4.69) is 5.32 Å². The molecule has 0 radical (unpaired) electrons. The molecule has 94 valence electrons. The third-order valence-electron chi connectivity index (χ3n) is 3.50. The molecule has 0 unspecified atom stereocenters. The molecule has 4 heteroatoms. The Bertz CT molecular complexity index is 389. The van der Waals surface area contributed by atoms with Gasteiger partial charge in [0.05, 0.1) is 5.60 Å². The van der Waals surface area contributed by atoms with Crippen molar-refractivity contribution >= 4 is 0 Å². The van der Waals surface area contributed by atoms with Gasteiger partial charge in [-0.05, 0) is 37.6 Å². The first-order valence-electron chi connectivity index (χ1n) is 5.88. The summed E-state index contributed by atoms with van der Waals surface area (Å²) in [5, 5.41) is 12.5. The molecule has 2 N–H and O–H groups in total. The van der Waals surface area contributed by atoms with Crippen LogP contribution in [0.5, 0.6) is 5.75 Å². The number of hydrogen-bond acceptors (Lipinski definition) is 3. The van der Waals surface area contributed by atoms with Crippen molar-refractivity contribution in [2.75, 3.05) is 20.2 Å². The summed E-state index contributed by atoms with van der Waals surface area (Å²) in [5.74, 6) is -0.400. The summed E-state index contributed by atoms with van der Waals surface area (Å²) in [5.41, 5.74) is 0.329. The quantitative estimate of drug-likeness (QED) is 0.845. The van der Waals surface area contributed by atoms with Crippen LogP contribution in [-0.2, 0) is 11.2 Å². The van der Waals surface area contributed by atoms with Gasteiger partial charge in [0.15, 0.2) is 0 Å². The Morgan fingerprint density at radius 3 is 2.71 bits per heavy atom. The molecule has 0 atom stereocenters. The van der Waals surface area contributed by atoms with E-state index in [1.807, 2.05) is 0 Å². The zero-order chi connectivity index (χ0) is 12.3. The van der Waals surface area contributed by atoms with E-state index in [0.29, 0.717) is 12.0 Å². The highest BCUT2D eigenvalue weighted by atomic mass is 19.1. The minimum absolute atomic E-state index is 0.0389. The molecule has 0 aliphatic carbocycles. The van der Waals surface area contributed by atoms with Crippen LogP contribution in [0.25, 0.3) is 0 Å². The van der Waals surface area contributed by atoms with Crippen molar-refractivity contribution in [1.82, 2.24) is 5.32 Å². The number of piperidine rings is 1. The van der Waals surface area contributed by atoms with Crippen molar-refractivity contribution in [1.29, 1.82) is 0 Å². The van der Waals surface area contributed by atoms with Crippen LogP contribution in [0, 0.1) is 5.82 Å². The molecule has 17 heavy (non-hydrogen) atoms. The van der Waals surface area contributed by atoms with Crippen molar-refractivity contribution < 1.29 is 14.2 Å². The number of halogens is 1. The number of phenols is 1. The number of phenolic OH excluding ortho intramolecular Hbond substituents is 1. The fraction of sp³-hybridized carbons (Fsp3) is 0.538. The van der Waals surface area contributed by atoms with E-state index in [0.717, 1.165) is 32.0 Å². The van der Waals surface area contributed by atoms with Crippen LogP contribution in [0.15, 0.2) is 18.2 Å². The summed E-state index contributed by atoms with van der Waals surface area (Å²) in [7, 11) is 1.68. The van der Waals surface area contributed by atoms with E-state index in [4.69, 9.17) is 4.74 Å². The zero-order valence-electron chi connectivity index (χ0n) is 10.0. The molecule has 0 amide bonds. The zero-order valence-corrected chi connectivity index (χ0v) is 10.0. The third kappa shape index (κ3) is 2.76. The molecular formula is C13H18FNO2. The number of aromatic hydroxyl groups is 1. The standard InChI is InChI=1S/C13H18FNO2/c1-17-13(4-6-15-7-5-13)9-10-2-3-11(16)8-12(10)14/h2-3,8,15-16H,4-7,9H2,1H3. The molecule has 1 aliphatic heterocycles. The Hall–Kier alpha value is -1.13. The van der Waals surface area contributed by atoms with Gasteiger partial charge in [-0.3, -0.25) is 0 Å². The molecule has 0 saturated carbocycles. The summed E-state index contributed by atoms with van der Waals surface area (Å²) in [6.45, 7) is 1.79. The topological polar surface area (TPSA) is 41.5 Å². The first kappa shape index (κ1) is 12.3. The number of nitrogens with one attached hydrogen (secondary N) is 1. The van der Waals surface area contributed by atoms with Gasteiger partial charge >= 0.3 is 0 Å². The summed E-state index contributed by atoms with van der Waals surface area (Å²) in [6.07, 6.45) is 2.31. The predicted molar refractivity (Wildman–Crippen MR) is 63.6 cm³/mol. The Kier molecular flexibility index (Phi) is 3.64. The third-order valence-corrected chi connectivity index (χ3v) is 3.50. The summed E-state index contributed by atoms with van der Waals surface area (Å²) in [6, 6.07) is 4.30. The van der Waals surface area contributed by atoms with Crippen LogP contribution in [0.3, 0.4) is 0 Å². The van der Waals surface area contributed by atoms with Crippen LogP contribution in [0.2, 0.25) is 0 Å². The van der Waals surface area contributed by atoms with Gasteiger partial charge in [-0.25, -0.2) is 4.39 Å². The molecule has 1 saturated heterocycles. The molecule has 1 aromatic carbocycles. The number of methoxy groups -OCH3 is 1. The van der Waals surface area contributed by atoms with Gasteiger partial charge < -0.3 is 15.2 Å². The Labute approximate surface area is 101 Å². The van der Waals surface area contributed by atoms with Gasteiger partial charge in [-0.15, -0.1) is 0 Å². The summed E-state index contributed by atoms with van der Waals surface area (Å²) in [4.78, 5) is 0. The predicted octanol–water partition coefficient (Wildman–Crippen LogP) is 1.84. The van der Waals surface area contributed by atoms with Gasteiger partial charge in [0, 0.05) is 19.6 Å². The average molecular weight is 239 g/mol. The maximum atomic E-state index is 13.7. The van der Waals surface area contributed by atoms with Crippen molar-refractivity contribution in [2.24, 2.45) is 0 Å². The lowest BCUT2D eigenvalue weighted by atomic mass is 9.85. The molecule has 2 rings (SSSR count). The van der Waals surface area contributed by atoms with Gasteiger partial charge in [-0.2, -0.15) is 0 Å². The van der Waals surface area contributed by atoms with Crippen LogP contribution >= 0.6 is 0 Å². The van der Waals surface area contributed by atoms with Crippen molar-refractivity contribution in [3.05, 3.63) is 29.6 Å². The smallest absolute Gasteiger partial charge is 0.130 e. The molecule has 0 spiro atoms. The van der Waals surface area contributed by atoms with Crippen LogP contribution in [-0.4, -0.2) is 30.9 Å². The molecule has 1 aromatic rings. The summed E-state index contributed by atoms with van der Waals surface area (Å²) >= 11 is 0. The van der Waals surface area contributed by atoms with E-state index in [1.54, 1.807) is 13.2 Å².